The van der Waals surface area contributed by atoms with Gasteiger partial charge < -0.3 is 0 Å². The third-order valence-corrected chi connectivity index (χ3v) is 0.925. The number of nitrogens with two attached hydrogens (primary N) is 1. The number of nitrogens with zero attached hydrogens (tertiary/aromatic N) is 2. The molecular formula is C6H14N4S. The first-order chi connectivity index (χ1) is 5.16. The largest absolute Gasteiger partial charge is 0.271 e. The van der Waals surface area contributed by atoms with Crippen LogP contribution in [0, 0.1) is 5.92 Å². The summed E-state index contributed by atoms with van der Waals surface area (Å²) in [4.78, 5) is 3.71. The smallest absolute Gasteiger partial charge is 0.198 e. The van der Waals surface area contributed by atoms with E-state index in [0.29, 0.717) is 5.16 Å². The van der Waals surface area contributed by atoms with Crippen molar-refractivity contribution in [1.29, 1.82) is 0 Å². The molecule has 0 spiro atoms. The molecular weight excluding hydrogens is 160 g/mol. The van der Waals surface area contributed by atoms with Crippen molar-refractivity contribution in [3.8, 4) is 0 Å². The van der Waals surface area contributed by atoms with Crippen LogP contribution < -0.4 is 5.14 Å². The molecule has 1 aromatic heterocycles. The molecule has 0 bridgehead atoms. The highest BCUT2D eigenvalue weighted by Crippen LogP contribution is 1.97. The minimum Gasteiger partial charge on any atom is -0.271 e. The molecule has 5 heteroatoms. The van der Waals surface area contributed by atoms with Gasteiger partial charge in [-0.25, -0.2) is 4.98 Å². The second kappa shape index (κ2) is 6.18. The zero-order chi connectivity index (χ0) is 8.69. The fourth-order valence-electron chi connectivity index (χ4n) is 0.251. The van der Waals surface area contributed by atoms with Gasteiger partial charge >= 0.3 is 0 Å². The van der Waals surface area contributed by atoms with E-state index in [9.17, 15) is 0 Å². The quantitative estimate of drug-likeness (QED) is 0.632. The Morgan fingerprint density at radius 3 is 2.27 bits per heavy atom. The highest BCUT2D eigenvalue weighted by Gasteiger charge is 1.85. The first-order valence-corrected chi connectivity index (χ1v) is 4.27. The number of nitrogens with one attached hydrogen (secondary N) is 1. The number of hydrogen-bond donors (Lipinski definition) is 2. The van der Waals surface area contributed by atoms with Crippen LogP contribution in [0.1, 0.15) is 20.8 Å². The monoisotopic (exact) mass is 174 g/mol. The molecule has 0 saturated heterocycles. The molecule has 64 valence electrons. The number of rotatable bonds is 1. The number of H-pyrrole nitrogens is 1. The Balaban J connectivity index is 0.000000218. The van der Waals surface area contributed by atoms with Crippen LogP contribution in [0.25, 0.3) is 0 Å². The van der Waals surface area contributed by atoms with Crippen LogP contribution in [0.5, 0.6) is 0 Å². The van der Waals surface area contributed by atoms with Crippen LogP contribution in [0.3, 0.4) is 0 Å². The Morgan fingerprint density at radius 2 is 2.09 bits per heavy atom. The topological polar surface area (TPSA) is 67.6 Å². The van der Waals surface area contributed by atoms with Crippen molar-refractivity contribution in [2.45, 2.75) is 25.9 Å². The summed E-state index contributed by atoms with van der Waals surface area (Å²) < 4.78 is 0. The van der Waals surface area contributed by atoms with E-state index in [2.05, 4.69) is 36.0 Å². The summed E-state index contributed by atoms with van der Waals surface area (Å²) in [5.41, 5.74) is 0. The number of aromatic amines is 1. The molecule has 11 heavy (non-hydrogen) atoms. The van der Waals surface area contributed by atoms with Gasteiger partial charge in [-0.3, -0.25) is 10.2 Å². The third kappa shape index (κ3) is 7.35. The van der Waals surface area contributed by atoms with E-state index in [-0.39, 0.29) is 0 Å². The molecule has 0 aliphatic heterocycles. The highest BCUT2D eigenvalue weighted by atomic mass is 32.2. The molecule has 0 aromatic carbocycles. The van der Waals surface area contributed by atoms with Crippen LogP contribution >= 0.6 is 11.9 Å². The molecule has 0 saturated carbocycles. The van der Waals surface area contributed by atoms with Crippen molar-refractivity contribution in [1.82, 2.24) is 15.2 Å². The number of aromatic nitrogens is 3. The molecule has 0 unspecified atom stereocenters. The Morgan fingerprint density at radius 1 is 1.55 bits per heavy atom. The summed E-state index contributed by atoms with van der Waals surface area (Å²) in [6, 6.07) is 0. The summed E-state index contributed by atoms with van der Waals surface area (Å²) in [5, 5.41) is 11.8. The minimum absolute atomic E-state index is 0.639. The van der Waals surface area contributed by atoms with Gasteiger partial charge in [0.1, 0.15) is 6.33 Å². The Labute approximate surface area is 71.1 Å². The Kier molecular flexibility index (Phi) is 5.87. The van der Waals surface area contributed by atoms with E-state index in [1.54, 1.807) is 0 Å². The molecule has 3 N–H and O–H groups in total. The minimum atomic E-state index is 0.639. The van der Waals surface area contributed by atoms with Crippen molar-refractivity contribution >= 4 is 11.9 Å². The maximum atomic E-state index is 5.08. The normalized spacial score (nSPS) is 9.18. The first kappa shape index (κ1) is 10.4. The highest BCUT2D eigenvalue weighted by molar-refractivity contribution is 7.96. The zero-order valence-electron chi connectivity index (χ0n) is 7.03. The second-order valence-corrected chi connectivity index (χ2v) is 3.26. The maximum Gasteiger partial charge on any atom is 0.198 e. The lowest BCUT2D eigenvalue weighted by molar-refractivity contribution is 0.737. The zero-order valence-corrected chi connectivity index (χ0v) is 7.85. The van der Waals surface area contributed by atoms with Gasteiger partial charge in [0.15, 0.2) is 5.16 Å². The van der Waals surface area contributed by atoms with E-state index in [4.69, 9.17) is 5.14 Å². The Bertz CT molecular complexity index is 158. The lowest BCUT2D eigenvalue weighted by Crippen LogP contribution is -1.79. The lowest BCUT2D eigenvalue weighted by Gasteiger charge is -1.79. The van der Waals surface area contributed by atoms with Gasteiger partial charge in [-0.1, -0.05) is 20.8 Å². The summed E-state index contributed by atoms with van der Waals surface area (Å²) >= 11 is 1.05. The van der Waals surface area contributed by atoms with E-state index >= 15 is 0 Å². The SMILES string of the molecule is CC(C)C.NSc1ncn[nH]1. The average molecular weight is 174 g/mol. The van der Waals surface area contributed by atoms with E-state index in [1.807, 2.05) is 0 Å². The van der Waals surface area contributed by atoms with Gasteiger partial charge in [0, 0.05) is 0 Å². The van der Waals surface area contributed by atoms with E-state index in [0.717, 1.165) is 17.9 Å². The summed E-state index contributed by atoms with van der Waals surface area (Å²) in [5.74, 6) is 0.833. The van der Waals surface area contributed by atoms with Crippen molar-refractivity contribution in [2.24, 2.45) is 11.1 Å². The summed E-state index contributed by atoms with van der Waals surface area (Å²) in [6.07, 6.45) is 1.41. The molecule has 0 fully saturated rings. The molecule has 0 radical (unpaired) electrons. The molecule has 0 atom stereocenters. The van der Waals surface area contributed by atoms with E-state index in [1.165, 1.54) is 6.33 Å². The molecule has 0 aliphatic rings. The van der Waals surface area contributed by atoms with Gasteiger partial charge in [0.2, 0.25) is 0 Å². The predicted molar refractivity (Wildman–Crippen MR) is 46.9 cm³/mol. The van der Waals surface area contributed by atoms with Gasteiger partial charge in [-0.05, 0) is 17.9 Å². The molecule has 4 nitrogen and oxygen atoms in total. The van der Waals surface area contributed by atoms with Crippen LogP contribution in [0.2, 0.25) is 0 Å². The summed E-state index contributed by atoms with van der Waals surface area (Å²) in [6.45, 7) is 6.50. The van der Waals surface area contributed by atoms with Crippen molar-refractivity contribution in [2.75, 3.05) is 0 Å². The number of hydrogen-bond acceptors (Lipinski definition) is 4. The van der Waals surface area contributed by atoms with Crippen molar-refractivity contribution in [3.63, 3.8) is 0 Å². The standard InChI is InChI=1S/C4H10.C2H4N4S/c1-4(2)3;3-7-2-4-1-5-6-2/h4H,1-3H3;1H,3H2,(H,4,5,6). The van der Waals surface area contributed by atoms with Gasteiger partial charge in [0.05, 0.1) is 0 Å². The van der Waals surface area contributed by atoms with Crippen LogP contribution in [0.4, 0.5) is 0 Å². The molecule has 1 aromatic rings. The first-order valence-electron chi connectivity index (χ1n) is 3.39. The van der Waals surface area contributed by atoms with Crippen LogP contribution in [-0.2, 0) is 0 Å². The molecule has 1 heterocycles. The van der Waals surface area contributed by atoms with Crippen LogP contribution in [-0.4, -0.2) is 15.2 Å². The lowest BCUT2D eigenvalue weighted by atomic mass is 10.3. The van der Waals surface area contributed by atoms with Crippen LogP contribution in [0.15, 0.2) is 11.5 Å². The molecule has 0 aliphatic carbocycles. The second-order valence-electron chi connectivity index (χ2n) is 2.64. The van der Waals surface area contributed by atoms with Gasteiger partial charge in [0.25, 0.3) is 0 Å². The average Bonchev–Trinajstić information content (AvgIpc) is 2.36. The third-order valence-electron chi connectivity index (χ3n) is 0.505. The van der Waals surface area contributed by atoms with E-state index < -0.39 is 0 Å². The fourth-order valence-corrected chi connectivity index (χ4v) is 0.464. The molecule has 0 amide bonds. The van der Waals surface area contributed by atoms with Crippen molar-refractivity contribution in [3.05, 3.63) is 6.33 Å². The predicted octanol–water partition coefficient (Wildman–Crippen LogP) is 1.43. The fraction of sp³-hybridized carbons (Fsp3) is 0.667. The van der Waals surface area contributed by atoms with Gasteiger partial charge in [-0.2, -0.15) is 5.10 Å². The Hall–Kier alpha value is -0.550. The summed E-state index contributed by atoms with van der Waals surface area (Å²) in [7, 11) is 0. The van der Waals surface area contributed by atoms with Crippen molar-refractivity contribution < 1.29 is 0 Å². The molecule has 1 rings (SSSR count). The van der Waals surface area contributed by atoms with Gasteiger partial charge in [-0.15, -0.1) is 0 Å². The maximum absolute atomic E-state index is 5.08.